The van der Waals surface area contributed by atoms with Gasteiger partial charge in [0.15, 0.2) is 5.76 Å². The fourth-order valence-corrected chi connectivity index (χ4v) is 4.20. The Morgan fingerprint density at radius 3 is 2.76 bits per heavy atom. The van der Waals surface area contributed by atoms with E-state index in [1.54, 1.807) is 43.0 Å². The van der Waals surface area contributed by atoms with Gasteiger partial charge in [-0.2, -0.15) is 4.98 Å². The van der Waals surface area contributed by atoms with Gasteiger partial charge in [0, 0.05) is 32.2 Å². The van der Waals surface area contributed by atoms with Crippen molar-refractivity contribution in [2.75, 3.05) is 39.3 Å². The summed E-state index contributed by atoms with van der Waals surface area (Å²) in [5, 5.41) is 6.48. The summed E-state index contributed by atoms with van der Waals surface area (Å²) in [7, 11) is 0. The summed E-state index contributed by atoms with van der Waals surface area (Å²) in [5.41, 5.74) is 5.93. The zero-order valence-corrected chi connectivity index (χ0v) is 21.6. The molecule has 0 bridgehead atoms. The molecular weight excluding hydrogens is 495 g/mol. The molecule has 3 aromatic rings. The van der Waals surface area contributed by atoms with Gasteiger partial charge in [0.05, 0.1) is 24.5 Å². The Morgan fingerprint density at radius 1 is 1.21 bits per heavy atom. The molecular formula is C26H33FN6O5. The minimum atomic E-state index is -0.648. The topological polar surface area (TPSA) is 140 Å². The van der Waals surface area contributed by atoms with Crippen LogP contribution < -0.4 is 15.8 Å². The number of ether oxygens (including phenoxy) is 1. The number of nitrogens with two attached hydrogens (primary N) is 1. The van der Waals surface area contributed by atoms with E-state index in [1.807, 2.05) is 0 Å². The van der Waals surface area contributed by atoms with Gasteiger partial charge in [-0.3, -0.25) is 9.59 Å². The molecule has 11 nitrogen and oxygen atoms in total. The number of aromatic nitrogens is 2. The number of hydrogen-bond acceptors (Lipinski definition) is 9. The first kappa shape index (κ1) is 27.3. The zero-order valence-electron chi connectivity index (χ0n) is 21.6. The molecule has 1 aliphatic heterocycles. The highest BCUT2D eigenvalue weighted by Crippen LogP contribution is 2.25. The number of carbonyl (C=O) groups is 2. The summed E-state index contributed by atoms with van der Waals surface area (Å²) in [6, 6.07) is 6.63. The number of nitrogens with one attached hydrogen (secondary N) is 1. The van der Waals surface area contributed by atoms with Crippen molar-refractivity contribution in [2.45, 2.75) is 38.8 Å². The summed E-state index contributed by atoms with van der Waals surface area (Å²) >= 11 is 0. The molecule has 0 unspecified atom stereocenters. The number of hydrogen-bond donors (Lipinski definition) is 2. The van der Waals surface area contributed by atoms with Crippen LogP contribution in [0.4, 0.5) is 4.39 Å². The Morgan fingerprint density at radius 2 is 2.05 bits per heavy atom. The lowest BCUT2D eigenvalue weighted by atomic mass is 10.2. The molecule has 1 saturated heterocycles. The van der Waals surface area contributed by atoms with Crippen molar-refractivity contribution in [1.82, 2.24) is 25.3 Å². The van der Waals surface area contributed by atoms with Crippen molar-refractivity contribution in [3.63, 3.8) is 0 Å². The maximum Gasteiger partial charge on any atom is 0.287 e. The van der Waals surface area contributed by atoms with E-state index in [0.29, 0.717) is 25.4 Å². The minimum absolute atomic E-state index is 0.116. The number of rotatable bonds is 10. The monoisotopic (exact) mass is 528 g/mol. The summed E-state index contributed by atoms with van der Waals surface area (Å²) in [6.45, 7) is 7.38. The third kappa shape index (κ3) is 6.95. The SMILES string of the molecule is C[C@H](NC(=O)c1ccco1)C(=O)N1CCCN(CCCOc2ccc(-c3noc([C@@H](C)N)n3)c(F)c2)CC1. The molecule has 0 radical (unpaired) electrons. The first-order chi connectivity index (χ1) is 18.3. The van der Waals surface area contributed by atoms with Gasteiger partial charge in [-0.25, -0.2) is 4.39 Å². The van der Waals surface area contributed by atoms with E-state index in [9.17, 15) is 14.0 Å². The zero-order chi connectivity index (χ0) is 27.1. The molecule has 0 spiro atoms. The molecule has 2 amide bonds. The maximum atomic E-state index is 14.6. The molecule has 0 saturated carbocycles. The summed E-state index contributed by atoms with van der Waals surface area (Å²) in [5.74, 6) is -0.0550. The third-order valence-corrected chi connectivity index (χ3v) is 6.26. The minimum Gasteiger partial charge on any atom is -0.493 e. The molecule has 12 heteroatoms. The van der Waals surface area contributed by atoms with E-state index in [0.717, 1.165) is 32.5 Å². The van der Waals surface area contributed by atoms with Crippen LogP contribution in [0.25, 0.3) is 11.4 Å². The van der Waals surface area contributed by atoms with E-state index < -0.39 is 23.8 Å². The van der Waals surface area contributed by atoms with Crippen molar-refractivity contribution in [3.8, 4) is 17.1 Å². The van der Waals surface area contributed by atoms with Crippen LogP contribution in [0.5, 0.6) is 5.75 Å². The highest BCUT2D eigenvalue weighted by molar-refractivity contribution is 5.95. The third-order valence-electron chi connectivity index (χ3n) is 6.26. The van der Waals surface area contributed by atoms with Crippen LogP contribution in [-0.2, 0) is 4.79 Å². The van der Waals surface area contributed by atoms with Gasteiger partial charge >= 0.3 is 0 Å². The average molecular weight is 529 g/mol. The lowest BCUT2D eigenvalue weighted by molar-refractivity contribution is -0.132. The summed E-state index contributed by atoms with van der Waals surface area (Å²) in [4.78, 5) is 33.2. The molecule has 2 aromatic heterocycles. The summed E-state index contributed by atoms with van der Waals surface area (Å²) in [6.07, 6.45) is 2.99. The van der Waals surface area contributed by atoms with Crippen LogP contribution in [0, 0.1) is 5.82 Å². The lowest BCUT2D eigenvalue weighted by Gasteiger charge is -2.25. The van der Waals surface area contributed by atoms with E-state index in [2.05, 4.69) is 20.4 Å². The first-order valence-corrected chi connectivity index (χ1v) is 12.7. The second-order valence-electron chi connectivity index (χ2n) is 9.28. The molecule has 0 aliphatic carbocycles. The smallest absolute Gasteiger partial charge is 0.287 e. The van der Waals surface area contributed by atoms with Gasteiger partial charge in [0.1, 0.15) is 17.6 Å². The van der Waals surface area contributed by atoms with Gasteiger partial charge in [-0.15, -0.1) is 0 Å². The fraction of sp³-hybridized carbons (Fsp3) is 0.462. The Hall–Kier alpha value is -3.77. The van der Waals surface area contributed by atoms with Crippen molar-refractivity contribution in [3.05, 3.63) is 54.1 Å². The van der Waals surface area contributed by atoms with Gasteiger partial charge < -0.3 is 34.5 Å². The van der Waals surface area contributed by atoms with Crippen LogP contribution in [0.1, 0.15) is 49.2 Å². The Labute approximate surface area is 220 Å². The standard InChI is InChI=1S/C26H33FN6O5/c1-17(28)25-30-23(31-38-25)20-8-7-19(16-21(20)27)36-15-5-10-32-9-4-11-33(13-12-32)26(35)18(2)29-24(34)22-6-3-14-37-22/h3,6-8,14,16-18H,4-5,9-13,15,28H2,1-2H3,(H,29,34)/t17-,18+/m1/s1. The maximum absolute atomic E-state index is 14.6. The van der Waals surface area contributed by atoms with E-state index in [-0.39, 0.29) is 28.9 Å². The first-order valence-electron chi connectivity index (χ1n) is 12.7. The normalized spacial score (nSPS) is 16.1. The quantitative estimate of drug-likeness (QED) is 0.380. The molecule has 4 rings (SSSR count). The van der Waals surface area contributed by atoms with Gasteiger partial charge in [-0.1, -0.05) is 5.16 Å². The number of nitrogens with zero attached hydrogens (tertiary/aromatic N) is 4. The number of halogens is 1. The molecule has 1 aliphatic rings. The lowest BCUT2D eigenvalue weighted by Crippen LogP contribution is -2.48. The number of carbonyl (C=O) groups excluding carboxylic acids is 2. The van der Waals surface area contributed by atoms with Crippen molar-refractivity contribution in [2.24, 2.45) is 5.73 Å². The van der Waals surface area contributed by atoms with Crippen molar-refractivity contribution < 1.29 is 27.7 Å². The Balaban J connectivity index is 1.19. The predicted molar refractivity (Wildman–Crippen MR) is 136 cm³/mol. The molecule has 1 fully saturated rings. The van der Waals surface area contributed by atoms with E-state index >= 15 is 0 Å². The molecule has 204 valence electrons. The van der Waals surface area contributed by atoms with Crippen molar-refractivity contribution in [1.29, 1.82) is 0 Å². The highest BCUT2D eigenvalue weighted by atomic mass is 19.1. The molecule has 1 aromatic carbocycles. The second kappa shape index (κ2) is 12.7. The van der Waals surface area contributed by atoms with Crippen LogP contribution in [0.2, 0.25) is 0 Å². The molecule has 3 heterocycles. The second-order valence-corrected chi connectivity index (χ2v) is 9.28. The summed E-state index contributed by atoms with van der Waals surface area (Å²) < 4.78 is 30.5. The fourth-order valence-electron chi connectivity index (χ4n) is 4.20. The largest absolute Gasteiger partial charge is 0.493 e. The van der Waals surface area contributed by atoms with Gasteiger partial charge in [-0.05, 0) is 57.5 Å². The van der Waals surface area contributed by atoms with E-state index in [1.165, 1.54) is 12.3 Å². The highest BCUT2D eigenvalue weighted by Gasteiger charge is 2.25. The Kier molecular flexibility index (Phi) is 9.08. The number of amides is 2. The van der Waals surface area contributed by atoms with Crippen LogP contribution in [0.3, 0.4) is 0 Å². The van der Waals surface area contributed by atoms with E-state index in [4.69, 9.17) is 19.4 Å². The Bertz CT molecular complexity index is 1210. The molecule has 2 atom stereocenters. The predicted octanol–water partition coefficient (Wildman–Crippen LogP) is 2.61. The molecule has 3 N–H and O–H groups in total. The number of furan rings is 1. The number of benzene rings is 1. The van der Waals surface area contributed by atoms with Crippen molar-refractivity contribution >= 4 is 11.8 Å². The van der Waals surface area contributed by atoms with Gasteiger partial charge in [0.25, 0.3) is 5.91 Å². The van der Waals surface area contributed by atoms with Crippen LogP contribution >= 0.6 is 0 Å². The van der Waals surface area contributed by atoms with Crippen LogP contribution in [0.15, 0.2) is 45.5 Å². The van der Waals surface area contributed by atoms with Gasteiger partial charge in [0.2, 0.25) is 17.6 Å². The van der Waals surface area contributed by atoms with Crippen LogP contribution in [-0.4, -0.2) is 77.1 Å². The average Bonchev–Trinajstić information content (AvgIpc) is 3.56. The molecule has 38 heavy (non-hydrogen) atoms.